The van der Waals surface area contributed by atoms with Crippen LogP contribution >= 0.6 is 15.9 Å². The molecule has 0 saturated carbocycles. The Morgan fingerprint density at radius 3 is 2.56 bits per heavy atom. The van der Waals surface area contributed by atoms with Crippen molar-refractivity contribution in [2.75, 3.05) is 7.05 Å². The molecule has 1 heterocycles. The number of amides is 1. The number of carbonyl (C=O) groups excluding carboxylic acids is 2. The molecule has 84 valence electrons. The molecule has 0 unspecified atom stereocenters. The first-order chi connectivity index (χ1) is 7.39. The molecule has 1 aliphatic heterocycles. The Morgan fingerprint density at radius 1 is 1.38 bits per heavy atom. The van der Waals surface area contributed by atoms with Crippen molar-refractivity contribution >= 4 is 28.1 Å². The Morgan fingerprint density at radius 2 is 2.00 bits per heavy atom. The number of hydrogen-bond donors (Lipinski definition) is 0. The van der Waals surface area contributed by atoms with Crippen LogP contribution in [0, 0.1) is 0 Å². The van der Waals surface area contributed by atoms with E-state index in [4.69, 9.17) is 0 Å². The van der Waals surface area contributed by atoms with E-state index >= 15 is 0 Å². The van der Waals surface area contributed by atoms with Crippen LogP contribution in [0.5, 0.6) is 0 Å². The van der Waals surface area contributed by atoms with Crippen LogP contribution in [0.4, 0.5) is 0 Å². The molecule has 0 fully saturated rings. The second-order valence-corrected chi connectivity index (χ2v) is 5.31. The first kappa shape index (κ1) is 11.3. The third-order valence-corrected chi connectivity index (χ3v) is 3.98. The van der Waals surface area contributed by atoms with Crippen molar-refractivity contribution in [2.45, 2.75) is 19.4 Å². The summed E-state index contributed by atoms with van der Waals surface area (Å²) < 4.78 is 0.734. The summed E-state index contributed by atoms with van der Waals surface area (Å²) >= 11 is 3.34. The van der Waals surface area contributed by atoms with Crippen LogP contribution in [0.15, 0.2) is 16.6 Å². The highest BCUT2D eigenvalue weighted by Crippen LogP contribution is 2.39. The fourth-order valence-corrected chi connectivity index (χ4v) is 2.42. The molecule has 3 nitrogen and oxygen atoms in total. The molecule has 1 aliphatic rings. The number of carbonyl (C=O) groups is 2. The fraction of sp³-hybridized carbons (Fsp3) is 0.333. The molecule has 0 atom stereocenters. The van der Waals surface area contributed by atoms with Crippen LogP contribution < -0.4 is 0 Å². The molecule has 1 aromatic carbocycles. The lowest BCUT2D eigenvalue weighted by atomic mass is 9.93. The Hall–Kier alpha value is -1.16. The highest BCUT2D eigenvalue weighted by molar-refractivity contribution is 9.10. The summed E-state index contributed by atoms with van der Waals surface area (Å²) in [7, 11) is 1.77. The molecule has 1 amide bonds. The predicted molar refractivity (Wildman–Crippen MR) is 64.6 cm³/mol. The number of nitrogens with zero attached hydrogens (tertiary/aromatic N) is 1. The third-order valence-electron chi connectivity index (χ3n) is 3.30. The van der Waals surface area contributed by atoms with E-state index in [0.717, 1.165) is 16.3 Å². The second-order valence-electron chi connectivity index (χ2n) is 4.46. The Bertz CT molecular complexity index is 494. The summed E-state index contributed by atoms with van der Waals surface area (Å²) in [6, 6.07) is 3.51. The topological polar surface area (TPSA) is 37.4 Å². The molecule has 0 N–H and O–H groups in total. The van der Waals surface area contributed by atoms with Gasteiger partial charge in [-0.2, -0.15) is 0 Å². The molecule has 0 radical (unpaired) electrons. The van der Waals surface area contributed by atoms with Crippen LogP contribution in [0.3, 0.4) is 0 Å². The maximum Gasteiger partial charge on any atom is 0.254 e. The molecule has 4 heteroatoms. The normalized spacial score (nSPS) is 17.5. The molecule has 0 spiro atoms. The molecule has 0 saturated heterocycles. The first-order valence-corrected chi connectivity index (χ1v) is 5.76. The maximum atomic E-state index is 12.0. The van der Waals surface area contributed by atoms with E-state index in [1.807, 2.05) is 19.9 Å². The van der Waals surface area contributed by atoms with Gasteiger partial charge in [0.05, 0.1) is 5.54 Å². The largest absolute Gasteiger partial charge is 0.332 e. The average Bonchev–Trinajstić information content (AvgIpc) is 2.40. The van der Waals surface area contributed by atoms with Crippen LogP contribution in [-0.4, -0.2) is 24.1 Å². The van der Waals surface area contributed by atoms with Gasteiger partial charge in [0, 0.05) is 22.6 Å². The molecule has 0 bridgehead atoms. The number of hydrogen-bond acceptors (Lipinski definition) is 2. The van der Waals surface area contributed by atoms with E-state index in [9.17, 15) is 9.59 Å². The first-order valence-electron chi connectivity index (χ1n) is 4.97. The van der Waals surface area contributed by atoms with Gasteiger partial charge in [-0.05, 0) is 31.5 Å². The average molecular weight is 282 g/mol. The van der Waals surface area contributed by atoms with E-state index in [1.165, 1.54) is 0 Å². The predicted octanol–water partition coefficient (Wildman–Crippen LogP) is 2.58. The second kappa shape index (κ2) is 3.42. The summed E-state index contributed by atoms with van der Waals surface area (Å²) in [4.78, 5) is 24.5. The van der Waals surface area contributed by atoms with Crippen LogP contribution in [0.25, 0.3) is 0 Å². The van der Waals surface area contributed by atoms with Gasteiger partial charge in [-0.1, -0.05) is 15.9 Å². The van der Waals surface area contributed by atoms with Crippen molar-refractivity contribution in [3.63, 3.8) is 0 Å². The van der Waals surface area contributed by atoms with E-state index in [-0.39, 0.29) is 11.4 Å². The summed E-state index contributed by atoms with van der Waals surface area (Å²) in [6.07, 6.45) is 0.753. The number of aldehydes is 1. The van der Waals surface area contributed by atoms with Crippen LogP contribution in [0.2, 0.25) is 0 Å². The van der Waals surface area contributed by atoms with Gasteiger partial charge in [0.2, 0.25) is 0 Å². The Kier molecular flexibility index (Phi) is 2.42. The van der Waals surface area contributed by atoms with Gasteiger partial charge in [-0.25, -0.2) is 0 Å². The van der Waals surface area contributed by atoms with Crippen LogP contribution in [-0.2, 0) is 5.54 Å². The standard InChI is InChI=1S/C12H12BrNO2/c1-12(2)9-5-10(13)7(6-15)4-8(9)11(16)14(12)3/h4-6H,1-3H3. The zero-order chi connectivity index (χ0) is 12.1. The van der Waals surface area contributed by atoms with E-state index in [2.05, 4.69) is 15.9 Å². The maximum absolute atomic E-state index is 12.0. The minimum Gasteiger partial charge on any atom is -0.332 e. The van der Waals surface area contributed by atoms with Crippen molar-refractivity contribution in [2.24, 2.45) is 0 Å². The zero-order valence-electron chi connectivity index (χ0n) is 9.37. The minimum absolute atomic E-state index is 0.0319. The van der Waals surface area contributed by atoms with Crippen molar-refractivity contribution in [1.29, 1.82) is 0 Å². The van der Waals surface area contributed by atoms with Crippen molar-refractivity contribution < 1.29 is 9.59 Å². The minimum atomic E-state index is -0.323. The fourth-order valence-electron chi connectivity index (χ4n) is 1.98. The number of halogens is 1. The van der Waals surface area contributed by atoms with Crippen molar-refractivity contribution in [3.8, 4) is 0 Å². The van der Waals surface area contributed by atoms with Gasteiger partial charge < -0.3 is 4.90 Å². The highest BCUT2D eigenvalue weighted by Gasteiger charge is 2.40. The molecule has 1 aromatic rings. The third kappa shape index (κ3) is 1.33. The van der Waals surface area contributed by atoms with Crippen LogP contribution in [0.1, 0.15) is 40.1 Å². The number of fused-ring (bicyclic) bond motifs is 1. The van der Waals surface area contributed by atoms with Crippen molar-refractivity contribution in [1.82, 2.24) is 4.90 Å². The summed E-state index contributed by atoms with van der Waals surface area (Å²) in [5, 5.41) is 0. The molecule has 16 heavy (non-hydrogen) atoms. The molecular formula is C12H12BrNO2. The van der Waals surface area contributed by atoms with Gasteiger partial charge in [0.25, 0.3) is 5.91 Å². The van der Waals surface area contributed by atoms with E-state index < -0.39 is 0 Å². The lowest BCUT2D eigenvalue weighted by Crippen LogP contribution is -2.35. The van der Waals surface area contributed by atoms with Gasteiger partial charge >= 0.3 is 0 Å². The quantitative estimate of drug-likeness (QED) is 0.742. The zero-order valence-corrected chi connectivity index (χ0v) is 11.0. The molecule has 2 rings (SSSR count). The van der Waals surface area contributed by atoms with E-state index in [0.29, 0.717) is 11.1 Å². The molecular weight excluding hydrogens is 270 g/mol. The van der Waals surface area contributed by atoms with Gasteiger partial charge in [-0.15, -0.1) is 0 Å². The number of benzene rings is 1. The Balaban J connectivity index is 2.73. The summed E-state index contributed by atoms with van der Waals surface area (Å²) in [6.45, 7) is 3.98. The Labute approximate surface area is 103 Å². The molecule has 0 aliphatic carbocycles. The van der Waals surface area contributed by atoms with Gasteiger partial charge in [0.1, 0.15) is 0 Å². The SMILES string of the molecule is CN1C(=O)c2cc(C=O)c(Br)cc2C1(C)C. The smallest absolute Gasteiger partial charge is 0.254 e. The number of rotatable bonds is 1. The van der Waals surface area contributed by atoms with Crippen molar-refractivity contribution in [3.05, 3.63) is 33.3 Å². The monoisotopic (exact) mass is 281 g/mol. The van der Waals surface area contributed by atoms with Gasteiger partial charge in [0.15, 0.2) is 6.29 Å². The summed E-state index contributed by atoms with van der Waals surface area (Å²) in [5.41, 5.74) is 1.77. The highest BCUT2D eigenvalue weighted by atomic mass is 79.9. The lowest BCUT2D eigenvalue weighted by Gasteiger charge is -2.28. The molecule has 0 aromatic heterocycles. The van der Waals surface area contributed by atoms with Gasteiger partial charge in [-0.3, -0.25) is 9.59 Å². The van der Waals surface area contributed by atoms with E-state index in [1.54, 1.807) is 18.0 Å². The summed E-state index contributed by atoms with van der Waals surface area (Å²) in [5.74, 6) is -0.0319. The lowest BCUT2D eigenvalue weighted by molar-refractivity contribution is 0.0691.